The second kappa shape index (κ2) is 7.04. The first-order valence-corrected chi connectivity index (χ1v) is 7.36. The molecule has 2 rings (SSSR count). The minimum Gasteiger partial charge on any atom is -0.497 e. The lowest BCUT2D eigenvalue weighted by Crippen LogP contribution is -2.50. The summed E-state index contributed by atoms with van der Waals surface area (Å²) < 4.78 is 19.0. The topological polar surface area (TPSA) is 24.5 Å². The van der Waals surface area contributed by atoms with Crippen LogP contribution in [0.1, 0.15) is 25.8 Å². The molecule has 1 aromatic carbocycles. The summed E-state index contributed by atoms with van der Waals surface area (Å²) in [6, 6.07) is 5.63. The summed E-state index contributed by atoms with van der Waals surface area (Å²) in [4.78, 5) is 2.33. The van der Waals surface area contributed by atoms with Gasteiger partial charge in [0.15, 0.2) is 0 Å². The van der Waals surface area contributed by atoms with E-state index in [-0.39, 0.29) is 5.82 Å². The first kappa shape index (κ1) is 15.3. The van der Waals surface area contributed by atoms with E-state index >= 15 is 0 Å². The van der Waals surface area contributed by atoms with Crippen molar-refractivity contribution in [2.75, 3.05) is 26.7 Å². The maximum atomic E-state index is 14.0. The van der Waals surface area contributed by atoms with E-state index < -0.39 is 0 Å². The van der Waals surface area contributed by atoms with Crippen molar-refractivity contribution in [3.63, 3.8) is 0 Å². The number of ether oxygens (including phenoxy) is 1. The van der Waals surface area contributed by atoms with Gasteiger partial charge in [0.25, 0.3) is 0 Å². The predicted molar refractivity (Wildman–Crippen MR) is 79.5 cm³/mol. The maximum absolute atomic E-state index is 14.0. The Kier molecular flexibility index (Phi) is 5.38. The van der Waals surface area contributed by atoms with Gasteiger partial charge in [-0.05, 0) is 18.4 Å². The molecule has 3 nitrogen and oxygen atoms in total. The molecule has 1 unspecified atom stereocenters. The molecular weight excluding hydrogens is 255 g/mol. The normalized spacial score (nSPS) is 20.4. The van der Waals surface area contributed by atoms with Crippen molar-refractivity contribution in [3.8, 4) is 5.75 Å². The Morgan fingerprint density at radius 3 is 2.90 bits per heavy atom. The summed E-state index contributed by atoms with van der Waals surface area (Å²) in [5, 5.41) is 3.54. The second-order valence-electron chi connectivity index (χ2n) is 5.97. The minimum atomic E-state index is -0.178. The molecule has 0 saturated carbocycles. The molecule has 1 heterocycles. The number of benzene rings is 1. The molecule has 20 heavy (non-hydrogen) atoms. The molecule has 0 aliphatic carbocycles. The van der Waals surface area contributed by atoms with E-state index in [0.29, 0.717) is 24.3 Å². The Labute approximate surface area is 121 Å². The standard InChI is InChI=1S/C16H25FN2O/c1-12(2)8-14-11-19(7-6-18-14)10-13-4-5-15(20-3)9-16(13)17/h4-5,9,12,14,18H,6-8,10-11H2,1-3H3. The van der Waals surface area contributed by atoms with E-state index in [0.717, 1.165) is 25.2 Å². The quantitative estimate of drug-likeness (QED) is 0.897. The monoisotopic (exact) mass is 280 g/mol. The summed E-state index contributed by atoms with van der Waals surface area (Å²) in [6.07, 6.45) is 1.17. The lowest BCUT2D eigenvalue weighted by atomic mass is 10.0. The van der Waals surface area contributed by atoms with Gasteiger partial charge in [-0.25, -0.2) is 4.39 Å². The van der Waals surface area contributed by atoms with Crippen LogP contribution in [0.5, 0.6) is 5.75 Å². The van der Waals surface area contributed by atoms with Gasteiger partial charge in [0, 0.05) is 43.9 Å². The average Bonchev–Trinajstić information content (AvgIpc) is 2.41. The Morgan fingerprint density at radius 1 is 1.45 bits per heavy atom. The minimum absolute atomic E-state index is 0.178. The van der Waals surface area contributed by atoms with Crippen LogP contribution in [0.15, 0.2) is 18.2 Å². The molecule has 0 bridgehead atoms. The van der Waals surface area contributed by atoms with Crippen molar-refractivity contribution in [3.05, 3.63) is 29.6 Å². The fraction of sp³-hybridized carbons (Fsp3) is 0.625. The molecule has 4 heteroatoms. The number of nitrogens with zero attached hydrogens (tertiary/aromatic N) is 1. The van der Waals surface area contributed by atoms with Crippen LogP contribution < -0.4 is 10.1 Å². The Hall–Kier alpha value is -1.13. The molecular formula is C16H25FN2O. The summed E-state index contributed by atoms with van der Waals surface area (Å²) in [6.45, 7) is 8.10. The van der Waals surface area contributed by atoms with Crippen LogP contribution in [0.2, 0.25) is 0 Å². The van der Waals surface area contributed by atoms with Crippen LogP contribution in [0, 0.1) is 11.7 Å². The highest BCUT2D eigenvalue weighted by atomic mass is 19.1. The molecule has 1 aliphatic heterocycles. The van der Waals surface area contributed by atoms with Gasteiger partial charge in [0.1, 0.15) is 11.6 Å². The van der Waals surface area contributed by atoms with Gasteiger partial charge >= 0.3 is 0 Å². The molecule has 1 N–H and O–H groups in total. The molecule has 0 spiro atoms. The number of halogens is 1. The van der Waals surface area contributed by atoms with Gasteiger partial charge in [-0.1, -0.05) is 19.9 Å². The smallest absolute Gasteiger partial charge is 0.131 e. The van der Waals surface area contributed by atoms with E-state index in [2.05, 4.69) is 24.1 Å². The van der Waals surface area contributed by atoms with Gasteiger partial charge in [-0.3, -0.25) is 4.90 Å². The second-order valence-corrected chi connectivity index (χ2v) is 5.97. The van der Waals surface area contributed by atoms with Crippen molar-refractivity contribution < 1.29 is 9.13 Å². The van der Waals surface area contributed by atoms with Crippen molar-refractivity contribution >= 4 is 0 Å². The summed E-state index contributed by atoms with van der Waals surface area (Å²) in [5.41, 5.74) is 0.746. The van der Waals surface area contributed by atoms with Crippen LogP contribution >= 0.6 is 0 Å². The number of piperazine rings is 1. The van der Waals surface area contributed by atoms with Crippen molar-refractivity contribution in [1.82, 2.24) is 10.2 Å². The van der Waals surface area contributed by atoms with Crippen LogP contribution in [0.4, 0.5) is 4.39 Å². The van der Waals surface area contributed by atoms with E-state index in [1.165, 1.54) is 12.5 Å². The molecule has 0 radical (unpaired) electrons. The lowest BCUT2D eigenvalue weighted by molar-refractivity contribution is 0.178. The van der Waals surface area contributed by atoms with Crippen LogP contribution in [0.3, 0.4) is 0 Å². The third kappa shape index (κ3) is 4.18. The first-order chi connectivity index (χ1) is 9.58. The van der Waals surface area contributed by atoms with Gasteiger partial charge in [-0.2, -0.15) is 0 Å². The lowest BCUT2D eigenvalue weighted by Gasteiger charge is -2.34. The molecule has 1 saturated heterocycles. The van der Waals surface area contributed by atoms with Gasteiger partial charge < -0.3 is 10.1 Å². The van der Waals surface area contributed by atoms with E-state index in [4.69, 9.17) is 4.74 Å². The number of hydrogen-bond acceptors (Lipinski definition) is 3. The van der Waals surface area contributed by atoms with Gasteiger partial charge in [0.05, 0.1) is 7.11 Å². The third-order valence-corrected chi connectivity index (χ3v) is 3.75. The zero-order valence-electron chi connectivity index (χ0n) is 12.7. The summed E-state index contributed by atoms with van der Waals surface area (Å²) >= 11 is 0. The highest BCUT2D eigenvalue weighted by Crippen LogP contribution is 2.19. The fourth-order valence-electron chi connectivity index (χ4n) is 2.79. The van der Waals surface area contributed by atoms with Crippen molar-refractivity contribution in [2.24, 2.45) is 5.92 Å². The molecule has 0 amide bonds. The molecule has 1 fully saturated rings. The predicted octanol–water partition coefficient (Wildman–Crippen LogP) is 2.65. The van der Waals surface area contributed by atoms with Gasteiger partial charge in [0.2, 0.25) is 0 Å². The largest absolute Gasteiger partial charge is 0.497 e. The SMILES string of the molecule is COc1ccc(CN2CCNC(CC(C)C)C2)c(F)c1. The average molecular weight is 280 g/mol. The number of rotatable bonds is 5. The highest BCUT2D eigenvalue weighted by molar-refractivity contribution is 5.28. The van der Waals surface area contributed by atoms with E-state index in [1.807, 2.05) is 12.1 Å². The molecule has 112 valence electrons. The maximum Gasteiger partial charge on any atom is 0.131 e. The fourth-order valence-corrected chi connectivity index (χ4v) is 2.79. The first-order valence-electron chi connectivity index (χ1n) is 7.36. The van der Waals surface area contributed by atoms with Crippen LogP contribution in [-0.4, -0.2) is 37.7 Å². The molecule has 1 aromatic rings. The highest BCUT2D eigenvalue weighted by Gasteiger charge is 2.20. The van der Waals surface area contributed by atoms with Crippen LogP contribution in [0.25, 0.3) is 0 Å². The summed E-state index contributed by atoms with van der Waals surface area (Å²) in [7, 11) is 1.56. The Bertz CT molecular complexity index is 436. The molecule has 0 aromatic heterocycles. The number of methoxy groups -OCH3 is 1. The summed E-state index contributed by atoms with van der Waals surface area (Å²) in [5.74, 6) is 1.08. The molecule has 1 aliphatic rings. The van der Waals surface area contributed by atoms with E-state index in [9.17, 15) is 4.39 Å². The van der Waals surface area contributed by atoms with Gasteiger partial charge in [-0.15, -0.1) is 0 Å². The Balaban J connectivity index is 1.95. The zero-order valence-corrected chi connectivity index (χ0v) is 12.7. The zero-order chi connectivity index (χ0) is 14.5. The third-order valence-electron chi connectivity index (χ3n) is 3.75. The molecule has 1 atom stereocenters. The van der Waals surface area contributed by atoms with Crippen molar-refractivity contribution in [2.45, 2.75) is 32.9 Å². The number of nitrogens with one attached hydrogen (secondary N) is 1. The number of hydrogen-bond donors (Lipinski definition) is 1. The van der Waals surface area contributed by atoms with Crippen molar-refractivity contribution in [1.29, 1.82) is 0 Å². The van der Waals surface area contributed by atoms with Crippen LogP contribution in [-0.2, 0) is 6.54 Å². The Morgan fingerprint density at radius 2 is 2.25 bits per heavy atom. The van der Waals surface area contributed by atoms with E-state index in [1.54, 1.807) is 7.11 Å².